The Hall–Kier alpha value is -2.64. The van der Waals surface area contributed by atoms with Crippen molar-refractivity contribution < 1.29 is 4.79 Å². The first-order valence-corrected chi connectivity index (χ1v) is 7.90. The Morgan fingerprint density at radius 3 is 2.61 bits per heavy atom. The van der Waals surface area contributed by atoms with Crippen LogP contribution in [-0.2, 0) is 6.42 Å². The molecule has 4 nitrogen and oxygen atoms in total. The van der Waals surface area contributed by atoms with Crippen molar-refractivity contribution in [3.05, 3.63) is 71.3 Å². The van der Waals surface area contributed by atoms with Gasteiger partial charge in [0, 0.05) is 12.1 Å². The number of nitriles is 1. The van der Waals surface area contributed by atoms with E-state index in [1.165, 1.54) is 11.1 Å². The lowest BCUT2D eigenvalue weighted by Crippen LogP contribution is -2.45. The number of carbonyl (C=O) groups excluding carboxylic acids is 1. The van der Waals surface area contributed by atoms with Crippen LogP contribution in [0.1, 0.15) is 27.5 Å². The van der Waals surface area contributed by atoms with Crippen molar-refractivity contribution in [1.29, 1.82) is 5.26 Å². The molecule has 114 valence electrons. The highest BCUT2D eigenvalue weighted by atomic mass is 16.2. The van der Waals surface area contributed by atoms with Gasteiger partial charge in [0.15, 0.2) is 0 Å². The normalized spacial score (nSPS) is 23.0. The molecule has 2 aliphatic heterocycles. The van der Waals surface area contributed by atoms with Crippen molar-refractivity contribution in [1.82, 2.24) is 10.0 Å². The molecular formula is C19H17N3O. The van der Waals surface area contributed by atoms with Crippen LogP contribution in [0.15, 0.2) is 54.6 Å². The van der Waals surface area contributed by atoms with Gasteiger partial charge in [-0.1, -0.05) is 42.5 Å². The molecule has 0 aliphatic carbocycles. The van der Waals surface area contributed by atoms with Gasteiger partial charge in [-0.05, 0) is 29.7 Å². The van der Waals surface area contributed by atoms with Gasteiger partial charge >= 0.3 is 0 Å². The summed E-state index contributed by atoms with van der Waals surface area (Å²) in [6.45, 7) is 1.24. The summed E-state index contributed by atoms with van der Waals surface area (Å²) in [7, 11) is 0. The number of hydrazine groups is 1. The van der Waals surface area contributed by atoms with E-state index in [4.69, 9.17) is 0 Å². The Morgan fingerprint density at radius 2 is 1.83 bits per heavy atom. The Kier molecular flexibility index (Phi) is 3.36. The van der Waals surface area contributed by atoms with Crippen LogP contribution in [0.4, 0.5) is 0 Å². The fourth-order valence-corrected chi connectivity index (χ4v) is 3.71. The highest BCUT2D eigenvalue weighted by Crippen LogP contribution is 2.41. The van der Waals surface area contributed by atoms with Gasteiger partial charge in [0.05, 0.1) is 24.6 Å². The molecule has 2 aromatic carbocycles. The lowest BCUT2D eigenvalue weighted by Gasteiger charge is -2.36. The summed E-state index contributed by atoms with van der Waals surface area (Å²) in [6, 6.07) is 20.0. The lowest BCUT2D eigenvalue weighted by atomic mass is 9.88. The van der Waals surface area contributed by atoms with Gasteiger partial charge in [-0.15, -0.1) is 0 Å². The minimum Gasteiger partial charge on any atom is -0.269 e. The Labute approximate surface area is 135 Å². The molecule has 2 aliphatic rings. The summed E-state index contributed by atoms with van der Waals surface area (Å²) in [5, 5.41) is 13.4. The highest BCUT2D eigenvalue weighted by Gasteiger charge is 2.45. The fourth-order valence-electron chi connectivity index (χ4n) is 3.71. The Morgan fingerprint density at radius 1 is 1.09 bits per heavy atom. The SMILES string of the molecule is N#C[C@@H]1CN(C(=O)c2ccccc2)N2CCc3ccccc3[C@@H]12. The molecule has 0 aromatic heterocycles. The van der Waals surface area contributed by atoms with Crippen LogP contribution in [-0.4, -0.2) is 29.0 Å². The average Bonchev–Trinajstić information content (AvgIpc) is 3.01. The van der Waals surface area contributed by atoms with Crippen LogP contribution in [0.2, 0.25) is 0 Å². The number of amides is 1. The maximum Gasteiger partial charge on any atom is 0.268 e. The first-order valence-electron chi connectivity index (χ1n) is 7.90. The van der Waals surface area contributed by atoms with Crippen molar-refractivity contribution >= 4 is 5.91 Å². The van der Waals surface area contributed by atoms with Crippen LogP contribution < -0.4 is 0 Å². The lowest BCUT2D eigenvalue weighted by molar-refractivity contribution is -0.000467. The smallest absolute Gasteiger partial charge is 0.268 e. The molecule has 0 unspecified atom stereocenters. The zero-order chi connectivity index (χ0) is 15.8. The number of fused-ring (bicyclic) bond motifs is 3. The molecule has 2 heterocycles. The van der Waals surface area contributed by atoms with Crippen molar-refractivity contribution in [2.45, 2.75) is 12.5 Å². The van der Waals surface area contributed by atoms with Crippen molar-refractivity contribution in [2.75, 3.05) is 13.1 Å². The summed E-state index contributed by atoms with van der Waals surface area (Å²) in [5.41, 5.74) is 3.15. The summed E-state index contributed by atoms with van der Waals surface area (Å²) in [4.78, 5) is 12.9. The third kappa shape index (κ3) is 2.21. The maximum absolute atomic E-state index is 12.9. The molecule has 1 saturated heterocycles. The number of hydrogen-bond acceptors (Lipinski definition) is 3. The molecule has 4 heteroatoms. The fraction of sp³-hybridized carbons (Fsp3) is 0.263. The third-order valence-electron chi connectivity index (χ3n) is 4.79. The summed E-state index contributed by atoms with van der Waals surface area (Å²) in [6.07, 6.45) is 0.906. The van der Waals surface area contributed by atoms with Crippen LogP contribution >= 0.6 is 0 Å². The van der Waals surface area contributed by atoms with Crippen LogP contribution in [0.3, 0.4) is 0 Å². The second-order valence-electron chi connectivity index (χ2n) is 6.05. The van der Waals surface area contributed by atoms with E-state index in [0.29, 0.717) is 12.1 Å². The van der Waals surface area contributed by atoms with E-state index < -0.39 is 0 Å². The van der Waals surface area contributed by atoms with Gasteiger partial charge in [-0.25, -0.2) is 5.01 Å². The van der Waals surface area contributed by atoms with Crippen LogP contribution in [0.5, 0.6) is 0 Å². The van der Waals surface area contributed by atoms with Crippen LogP contribution in [0.25, 0.3) is 0 Å². The molecule has 1 fully saturated rings. The first-order chi connectivity index (χ1) is 11.3. The van der Waals surface area contributed by atoms with E-state index in [-0.39, 0.29) is 17.9 Å². The molecule has 0 radical (unpaired) electrons. The molecule has 4 rings (SSSR count). The van der Waals surface area contributed by atoms with E-state index in [9.17, 15) is 10.1 Å². The summed E-state index contributed by atoms with van der Waals surface area (Å²) in [5.74, 6) is -0.211. The van der Waals surface area contributed by atoms with Gasteiger partial charge in [0.2, 0.25) is 0 Å². The topological polar surface area (TPSA) is 47.3 Å². The second-order valence-corrected chi connectivity index (χ2v) is 6.05. The average molecular weight is 303 g/mol. The van der Waals surface area contributed by atoms with E-state index in [0.717, 1.165) is 13.0 Å². The predicted octanol–water partition coefficient (Wildman–Crippen LogP) is 2.80. The molecule has 0 N–H and O–H groups in total. The van der Waals surface area contributed by atoms with Crippen LogP contribution in [0, 0.1) is 17.2 Å². The zero-order valence-electron chi connectivity index (χ0n) is 12.7. The zero-order valence-corrected chi connectivity index (χ0v) is 12.7. The van der Waals surface area contributed by atoms with Gasteiger partial charge in [-0.3, -0.25) is 9.80 Å². The standard InChI is InChI=1S/C19H17N3O/c20-12-16-13-22(19(23)15-7-2-1-3-8-15)21-11-10-14-6-4-5-9-17(14)18(16)21/h1-9,16,18H,10-11,13H2/t16-,18-/m1/s1. The molecule has 2 atom stereocenters. The van der Waals surface area contributed by atoms with E-state index >= 15 is 0 Å². The van der Waals surface area contributed by atoms with Crippen molar-refractivity contribution in [2.24, 2.45) is 5.92 Å². The molecule has 0 bridgehead atoms. The van der Waals surface area contributed by atoms with E-state index in [1.807, 2.05) is 42.5 Å². The van der Waals surface area contributed by atoms with Gasteiger partial charge in [0.25, 0.3) is 5.91 Å². The number of carbonyl (C=O) groups is 1. The molecule has 0 saturated carbocycles. The minimum atomic E-state index is -0.191. The van der Waals surface area contributed by atoms with Gasteiger partial charge in [-0.2, -0.15) is 5.26 Å². The number of nitrogens with zero attached hydrogens (tertiary/aromatic N) is 3. The highest BCUT2D eigenvalue weighted by molar-refractivity contribution is 5.94. The summed E-state index contributed by atoms with van der Waals surface area (Å²) >= 11 is 0. The first kappa shape index (κ1) is 14.0. The molecule has 2 aromatic rings. The maximum atomic E-state index is 12.9. The molecule has 0 spiro atoms. The van der Waals surface area contributed by atoms with Crippen molar-refractivity contribution in [3.8, 4) is 6.07 Å². The Bertz CT molecular complexity index is 781. The number of hydrogen-bond donors (Lipinski definition) is 0. The monoisotopic (exact) mass is 303 g/mol. The van der Waals surface area contributed by atoms with Gasteiger partial charge < -0.3 is 0 Å². The second kappa shape index (κ2) is 5.53. The summed E-state index contributed by atoms with van der Waals surface area (Å²) < 4.78 is 0. The minimum absolute atomic E-state index is 0.0161. The van der Waals surface area contributed by atoms with E-state index in [1.54, 1.807) is 5.01 Å². The molecule has 1 amide bonds. The molecule has 23 heavy (non-hydrogen) atoms. The van der Waals surface area contributed by atoms with Gasteiger partial charge in [0.1, 0.15) is 0 Å². The quantitative estimate of drug-likeness (QED) is 0.814. The van der Waals surface area contributed by atoms with Crippen molar-refractivity contribution in [3.63, 3.8) is 0 Å². The third-order valence-corrected chi connectivity index (χ3v) is 4.79. The Balaban J connectivity index is 1.71. The largest absolute Gasteiger partial charge is 0.269 e. The number of benzene rings is 2. The predicted molar refractivity (Wildman–Crippen MR) is 86.2 cm³/mol. The van der Waals surface area contributed by atoms with E-state index in [2.05, 4.69) is 23.2 Å². The number of rotatable bonds is 1. The molecular weight excluding hydrogens is 286 g/mol.